The van der Waals surface area contributed by atoms with Crippen LogP contribution in [0.1, 0.15) is 0 Å². The van der Waals surface area contributed by atoms with E-state index in [1.54, 1.807) is 0 Å². The molecule has 10 radical (unpaired) electrons. The molecule has 0 aromatic carbocycles. The Labute approximate surface area is 101 Å². The quantitative estimate of drug-likeness (QED) is 0.424. The second-order valence-corrected chi connectivity index (χ2v) is 1.92. The monoisotopic (exact) mass is 208 g/mol. The van der Waals surface area contributed by atoms with Crippen molar-refractivity contribution in [3.63, 3.8) is 0 Å². The molecule has 2 aliphatic rings. The topological polar surface area (TPSA) is 0 Å². The summed E-state index contributed by atoms with van der Waals surface area (Å²) in [6, 6.07) is 0. The molecule has 0 atom stereocenters. The maximum absolute atomic E-state index is 2.00. The van der Waals surface area contributed by atoms with Gasteiger partial charge in [0.25, 0.3) is 0 Å². The van der Waals surface area contributed by atoms with Gasteiger partial charge in [-0.15, -0.1) is 0 Å². The van der Waals surface area contributed by atoms with Crippen molar-refractivity contribution in [2.24, 2.45) is 0 Å². The summed E-state index contributed by atoms with van der Waals surface area (Å²) in [7, 11) is 0. The Kier molecular flexibility index (Phi) is 22.6. The number of hydrogen-bond acceptors (Lipinski definition) is 0. The van der Waals surface area contributed by atoms with Gasteiger partial charge < -0.3 is 14.9 Å². The molecule has 0 aliphatic heterocycles. The molecule has 1 heteroatoms. The Bertz CT molecular complexity index is 38.3. The Hall–Kier alpha value is 0.714. The zero-order valence-electron chi connectivity index (χ0n) is 8.27. The Morgan fingerprint density at radius 1 is 0.308 bits per heavy atom. The summed E-state index contributed by atoms with van der Waals surface area (Å²) in [6.07, 6.45) is 20.0. The molecule has 0 N–H and O–H groups in total. The molecule has 2 saturated carbocycles. The first kappa shape index (κ1) is 19.3. The number of rotatable bonds is 0. The second kappa shape index (κ2) is 15.2. The molecular weight excluding hydrogens is 192 g/mol. The van der Waals surface area contributed by atoms with Crippen LogP contribution >= 0.6 is 0 Å². The smallest absolute Gasteiger partial charge is 0.358 e. The van der Waals surface area contributed by atoms with Crippen LogP contribution in [0.4, 0.5) is 0 Å². The molecule has 0 heterocycles. The predicted octanol–water partition coefficient (Wildman–Crippen LogP) is 2.94. The summed E-state index contributed by atoms with van der Waals surface area (Å²) >= 11 is 0. The van der Waals surface area contributed by atoms with E-state index in [1.807, 2.05) is 64.2 Å². The molecule has 66 valence electrons. The molecule has 0 aromatic rings. The van der Waals surface area contributed by atoms with Gasteiger partial charge in [-0.05, 0) is 64.2 Å². The van der Waals surface area contributed by atoms with E-state index in [0.717, 1.165) is 0 Å². The van der Waals surface area contributed by atoms with Gasteiger partial charge in [-0.1, -0.05) is 0 Å². The molecule has 0 bridgehead atoms. The van der Waals surface area contributed by atoms with Crippen molar-refractivity contribution < 1.29 is 21.7 Å². The zero-order chi connectivity index (χ0) is 7.07. The van der Waals surface area contributed by atoms with Crippen LogP contribution in [0.15, 0.2) is 0 Å². The van der Waals surface area contributed by atoms with Gasteiger partial charge in [-0.25, -0.2) is 0 Å². The van der Waals surface area contributed by atoms with Gasteiger partial charge >= 0.3 is 21.7 Å². The van der Waals surface area contributed by atoms with Crippen LogP contribution in [-0.2, 0) is 21.7 Å². The minimum Gasteiger partial charge on any atom is -0.358 e. The molecule has 0 unspecified atom stereocenters. The van der Waals surface area contributed by atoms with E-state index in [1.165, 1.54) is 0 Å². The van der Waals surface area contributed by atoms with Crippen molar-refractivity contribution in [2.45, 2.75) is 0 Å². The normalized spacial score (nSPS) is 18.5. The Morgan fingerprint density at radius 3 is 0.462 bits per heavy atom. The maximum atomic E-state index is 2.00. The molecule has 2 fully saturated rings. The molecule has 2 aliphatic carbocycles. The van der Waals surface area contributed by atoms with E-state index in [2.05, 4.69) is 0 Å². The van der Waals surface area contributed by atoms with Crippen molar-refractivity contribution in [3.8, 4) is 0 Å². The SMILES string of the molecule is [CH3-].[CH3-].[CH]1[CH][CH][CH][CH]1.[CH]1[CH][CH][CH][CH]1.[Ti+4]. The summed E-state index contributed by atoms with van der Waals surface area (Å²) in [5.41, 5.74) is 0. The Balaban J connectivity index is -0.000000125. The average molecular weight is 208 g/mol. The molecule has 0 amide bonds. The fourth-order valence-corrected chi connectivity index (χ4v) is 0.642. The molecule has 0 saturated heterocycles. The number of hydrogen-bond donors (Lipinski definition) is 0. The van der Waals surface area contributed by atoms with Crippen molar-refractivity contribution in [3.05, 3.63) is 79.1 Å². The summed E-state index contributed by atoms with van der Waals surface area (Å²) in [5.74, 6) is 0. The van der Waals surface area contributed by atoms with E-state index in [4.69, 9.17) is 0 Å². The van der Waals surface area contributed by atoms with Crippen molar-refractivity contribution >= 4 is 0 Å². The van der Waals surface area contributed by atoms with Gasteiger partial charge in [-0.2, -0.15) is 0 Å². The minimum absolute atomic E-state index is 0. The largest absolute Gasteiger partial charge is 4.00 e. The van der Waals surface area contributed by atoms with Crippen molar-refractivity contribution in [1.82, 2.24) is 0 Å². The average Bonchev–Trinajstić information content (AvgIpc) is 2.67. The van der Waals surface area contributed by atoms with E-state index >= 15 is 0 Å². The van der Waals surface area contributed by atoms with Crippen LogP contribution in [0.3, 0.4) is 0 Å². The maximum Gasteiger partial charge on any atom is 4.00 e. The molecule has 2 rings (SSSR count). The van der Waals surface area contributed by atoms with E-state index in [0.29, 0.717) is 0 Å². The third-order valence-corrected chi connectivity index (χ3v) is 1.11. The third-order valence-electron chi connectivity index (χ3n) is 1.11. The van der Waals surface area contributed by atoms with Gasteiger partial charge in [-0.3, -0.25) is 0 Å². The molecule has 13 heavy (non-hydrogen) atoms. The van der Waals surface area contributed by atoms with Crippen LogP contribution in [0.2, 0.25) is 0 Å². The second-order valence-electron chi connectivity index (χ2n) is 1.92. The molecule has 0 nitrogen and oxygen atoms in total. The summed E-state index contributed by atoms with van der Waals surface area (Å²) in [6.45, 7) is 0. The third kappa shape index (κ3) is 12.7. The first-order chi connectivity index (χ1) is 5.00. The summed E-state index contributed by atoms with van der Waals surface area (Å²) in [5, 5.41) is 0. The Morgan fingerprint density at radius 2 is 0.385 bits per heavy atom. The fraction of sp³-hybridized carbons (Fsp3) is 0. The molecule has 0 aromatic heterocycles. The summed E-state index contributed by atoms with van der Waals surface area (Å²) < 4.78 is 0. The molecule has 0 spiro atoms. The van der Waals surface area contributed by atoms with Gasteiger partial charge in [0.15, 0.2) is 0 Å². The van der Waals surface area contributed by atoms with Crippen LogP contribution in [0.5, 0.6) is 0 Å². The van der Waals surface area contributed by atoms with Crippen molar-refractivity contribution in [2.75, 3.05) is 0 Å². The predicted molar refractivity (Wildman–Crippen MR) is 55.8 cm³/mol. The first-order valence-electron chi connectivity index (χ1n) is 3.33. The van der Waals surface area contributed by atoms with E-state index in [9.17, 15) is 0 Å². The van der Waals surface area contributed by atoms with Crippen LogP contribution in [0, 0.1) is 79.1 Å². The van der Waals surface area contributed by atoms with Crippen LogP contribution in [0.25, 0.3) is 0 Å². The molecular formula is C12H16Ti+2. The van der Waals surface area contributed by atoms with Gasteiger partial charge in [0, 0.05) is 0 Å². The first-order valence-corrected chi connectivity index (χ1v) is 3.33. The van der Waals surface area contributed by atoms with Gasteiger partial charge in [0.05, 0.1) is 0 Å². The minimum atomic E-state index is 0. The van der Waals surface area contributed by atoms with E-state index in [-0.39, 0.29) is 36.6 Å². The zero-order valence-corrected chi connectivity index (χ0v) is 9.84. The van der Waals surface area contributed by atoms with Crippen LogP contribution < -0.4 is 0 Å². The van der Waals surface area contributed by atoms with E-state index < -0.39 is 0 Å². The van der Waals surface area contributed by atoms with Gasteiger partial charge in [0.1, 0.15) is 0 Å². The fourth-order valence-electron chi connectivity index (χ4n) is 0.642. The van der Waals surface area contributed by atoms with Crippen molar-refractivity contribution in [1.29, 1.82) is 0 Å². The van der Waals surface area contributed by atoms with Gasteiger partial charge in [0.2, 0.25) is 0 Å². The standard InChI is InChI=1S/2C5H5.2CH3.Ti/c2*1-2-4-5-3-1;;;/h2*1-5H;2*1H3;/q;;2*-1;+4. The van der Waals surface area contributed by atoms with Crippen LogP contribution in [-0.4, -0.2) is 0 Å². The summed E-state index contributed by atoms with van der Waals surface area (Å²) in [4.78, 5) is 0.